The van der Waals surface area contributed by atoms with Crippen LogP contribution in [-0.4, -0.2) is 19.6 Å². The Balaban J connectivity index is 1.89. The van der Waals surface area contributed by atoms with Crippen LogP contribution in [0.2, 0.25) is 0 Å². The van der Waals surface area contributed by atoms with Crippen molar-refractivity contribution in [2.24, 2.45) is 0 Å². The number of nitrogen functional groups attached to an aromatic ring is 1. The minimum Gasteiger partial charge on any atom is -0.495 e. The first-order valence-corrected chi connectivity index (χ1v) is 6.99. The van der Waals surface area contributed by atoms with Crippen LogP contribution < -0.4 is 20.5 Å². The van der Waals surface area contributed by atoms with Crippen molar-refractivity contribution in [3.05, 3.63) is 46.9 Å². The Hall–Kier alpha value is -2.21. The topological polar surface area (TPSA) is 73.6 Å². The van der Waals surface area contributed by atoms with Crippen LogP contribution in [-0.2, 0) is 4.79 Å². The van der Waals surface area contributed by atoms with Gasteiger partial charge in [0.25, 0.3) is 5.91 Å². The molecule has 0 saturated heterocycles. The number of carbonyl (C=O) groups excluding carboxylic acids is 1. The maximum absolute atomic E-state index is 11.8. The van der Waals surface area contributed by atoms with E-state index in [0.29, 0.717) is 22.9 Å². The molecule has 2 aromatic carbocycles. The fourth-order valence-electron chi connectivity index (χ4n) is 1.69. The summed E-state index contributed by atoms with van der Waals surface area (Å²) in [5.41, 5.74) is 6.83. The Morgan fingerprint density at radius 2 is 1.95 bits per heavy atom. The van der Waals surface area contributed by atoms with Gasteiger partial charge in [-0.1, -0.05) is 15.9 Å². The summed E-state index contributed by atoms with van der Waals surface area (Å²) in [4.78, 5) is 11.8. The number of carbonyl (C=O) groups is 1. The molecule has 0 radical (unpaired) electrons. The third-order valence-electron chi connectivity index (χ3n) is 2.70. The summed E-state index contributed by atoms with van der Waals surface area (Å²) < 4.78 is 11.4. The number of halogens is 1. The monoisotopic (exact) mass is 350 g/mol. The third-order valence-corrected chi connectivity index (χ3v) is 3.23. The van der Waals surface area contributed by atoms with Crippen LogP contribution in [0.15, 0.2) is 46.9 Å². The van der Waals surface area contributed by atoms with Crippen LogP contribution >= 0.6 is 15.9 Å². The average molecular weight is 351 g/mol. The largest absolute Gasteiger partial charge is 0.495 e. The predicted octanol–water partition coefficient (Wildman–Crippen LogP) is 3.06. The molecule has 0 aliphatic carbocycles. The van der Waals surface area contributed by atoms with Gasteiger partial charge in [-0.3, -0.25) is 4.79 Å². The Kier molecular flexibility index (Phi) is 5.05. The molecular weight excluding hydrogens is 336 g/mol. The van der Waals surface area contributed by atoms with E-state index < -0.39 is 0 Å². The van der Waals surface area contributed by atoms with Gasteiger partial charge in [0.1, 0.15) is 11.5 Å². The molecule has 0 spiro atoms. The van der Waals surface area contributed by atoms with Gasteiger partial charge in [-0.2, -0.15) is 0 Å². The summed E-state index contributed by atoms with van der Waals surface area (Å²) in [6.45, 7) is -0.0758. The number of hydrogen-bond acceptors (Lipinski definition) is 4. The highest BCUT2D eigenvalue weighted by Gasteiger charge is 2.06. The number of methoxy groups -OCH3 is 1. The highest BCUT2D eigenvalue weighted by Crippen LogP contribution is 2.24. The molecule has 0 unspecified atom stereocenters. The fraction of sp³-hybridized carbons (Fsp3) is 0.133. The van der Waals surface area contributed by atoms with Crippen molar-refractivity contribution in [2.75, 3.05) is 24.8 Å². The summed E-state index contributed by atoms with van der Waals surface area (Å²) >= 11 is 3.33. The molecule has 0 bridgehead atoms. The predicted molar refractivity (Wildman–Crippen MR) is 85.7 cm³/mol. The lowest BCUT2D eigenvalue weighted by Gasteiger charge is -2.09. The van der Waals surface area contributed by atoms with E-state index >= 15 is 0 Å². The minimum absolute atomic E-state index is 0.0758. The standard InChI is InChI=1S/C15H15BrN2O3/c1-20-14-7-4-11(8-13(14)17)18-15(19)9-21-12-5-2-10(16)3-6-12/h2-8H,9,17H2,1H3,(H,18,19). The quantitative estimate of drug-likeness (QED) is 0.812. The second kappa shape index (κ2) is 6.99. The van der Waals surface area contributed by atoms with E-state index in [2.05, 4.69) is 21.2 Å². The van der Waals surface area contributed by atoms with Crippen molar-refractivity contribution in [3.63, 3.8) is 0 Å². The van der Waals surface area contributed by atoms with E-state index in [1.807, 2.05) is 12.1 Å². The number of rotatable bonds is 5. The van der Waals surface area contributed by atoms with Gasteiger partial charge in [-0.05, 0) is 42.5 Å². The Morgan fingerprint density at radius 3 is 2.57 bits per heavy atom. The van der Waals surface area contributed by atoms with Crippen molar-refractivity contribution in [1.82, 2.24) is 0 Å². The van der Waals surface area contributed by atoms with E-state index in [1.165, 1.54) is 7.11 Å². The van der Waals surface area contributed by atoms with Crippen LogP contribution in [0, 0.1) is 0 Å². The second-order valence-electron chi connectivity index (χ2n) is 4.25. The zero-order chi connectivity index (χ0) is 15.2. The summed E-state index contributed by atoms with van der Waals surface area (Å²) in [5, 5.41) is 2.71. The van der Waals surface area contributed by atoms with Crippen LogP contribution in [0.3, 0.4) is 0 Å². The van der Waals surface area contributed by atoms with E-state index in [-0.39, 0.29) is 12.5 Å². The zero-order valence-corrected chi connectivity index (χ0v) is 13.0. The highest BCUT2D eigenvalue weighted by molar-refractivity contribution is 9.10. The number of benzene rings is 2. The van der Waals surface area contributed by atoms with E-state index in [4.69, 9.17) is 15.2 Å². The van der Waals surface area contributed by atoms with Crippen LogP contribution in [0.5, 0.6) is 11.5 Å². The summed E-state index contributed by atoms with van der Waals surface area (Å²) in [6, 6.07) is 12.3. The molecule has 1 amide bonds. The van der Waals surface area contributed by atoms with E-state index in [0.717, 1.165) is 4.47 Å². The van der Waals surface area contributed by atoms with Gasteiger partial charge < -0.3 is 20.5 Å². The summed E-state index contributed by atoms with van der Waals surface area (Å²) in [7, 11) is 1.54. The lowest BCUT2D eigenvalue weighted by atomic mass is 10.2. The molecule has 0 saturated carbocycles. The second-order valence-corrected chi connectivity index (χ2v) is 5.16. The Bertz CT molecular complexity index is 629. The van der Waals surface area contributed by atoms with Crippen molar-refractivity contribution >= 4 is 33.2 Å². The first kappa shape index (κ1) is 15.2. The van der Waals surface area contributed by atoms with Crippen LogP contribution in [0.1, 0.15) is 0 Å². The molecular formula is C15H15BrN2O3. The lowest BCUT2D eigenvalue weighted by molar-refractivity contribution is -0.118. The maximum atomic E-state index is 11.8. The number of ether oxygens (including phenoxy) is 2. The number of amides is 1. The number of nitrogens with two attached hydrogens (primary N) is 1. The third kappa shape index (κ3) is 4.39. The molecule has 0 aromatic heterocycles. The van der Waals surface area contributed by atoms with Crippen molar-refractivity contribution in [3.8, 4) is 11.5 Å². The molecule has 0 aliphatic heterocycles. The molecule has 2 aromatic rings. The molecule has 2 rings (SSSR count). The van der Waals surface area contributed by atoms with E-state index in [9.17, 15) is 4.79 Å². The van der Waals surface area contributed by atoms with Crippen molar-refractivity contribution < 1.29 is 14.3 Å². The van der Waals surface area contributed by atoms with Crippen LogP contribution in [0.4, 0.5) is 11.4 Å². The number of anilines is 2. The van der Waals surface area contributed by atoms with Gasteiger partial charge in [-0.15, -0.1) is 0 Å². The average Bonchev–Trinajstić information content (AvgIpc) is 2.47. The molecule has 5 nitrogen and oxygen atoms in total. The number of hydrogen-bond donors (Lipinski definition) is 2. The van der Waals surface area contributed by atoms with Gasteiger partial charge in [0, 0.05) is 10.2 Å². The Morgan fingerprint density at radius 1 is 1.24 bits per heavy atom. The normalized spacial score (nSPS) is 10.0. The molecule has 6 heteroatoms. The molecule has 3 N–H and O–H groups in total. The summed E-state index contributed by atoms with van der Waals surface area (Å²) in [5.74, 6) is 0.934. The Labute approximate surface area is 131 Å². The van der Waals surface area contributed by atoms with Crippen molar-refractivity contribution in [1.29, 1.82) is 0 Å². The van der Waals surface area contributed by atoms with Crippen molar-refractivity contribution in [2.45, 2.75) is 0 Å². The first-order valence-electron chi connectivity index (χ1n) is 6.20. The SMILES string of the molecule is COc1ccc(NC(=O)COc2ccc(Br)cc2)cc1N. The lowest BCUT2D eigenvalue weighted by Crippen LogP contribution is -2.20. The highest BCUT2D eigenvalue weighted by atomic mass is 79.9. The fourth-order valence-corrected chi connectivity index (χ4v) is 1.95. The van der Waals surface area contributed by atoms with Gasteiger partial charge in [0.15, 0.2) is 6.61 Å². The van der Waals surface area contributed by atoms with Gasteiger partial charge in [-0.25, -0.2) is 0 Å². The van der Waals surface area contributed by atoms with E-state index in [1.54, 1.807) is 30.3 Å². The smallest absolute Gasteiger partial charge is 0.262 e. The summed E-state index contributed by atoms with van der Waals surface area (Å²) in [6.07, 6.45) is 0. The molecule has 21 heavy (non-hydrogen) atoms. The molecule has 0 fully saturated rings. The minimum atomic E-state index is -0.262. The van der Waals surface area contributed by atoms with Gasteiger partial charge in [0.05, 0.1) is 12.8 Å². The molecule has 0 atom stereocenters. The zero-order valence-electron chi connectivity index (χ0n) is 11.4. The van der Waals surface area contributed by atoms with Gasteiger partial charge >= 0.3 is 0 Å². The van der Waals surface area contributed by atoms with Crippen LogP contribution in [0.25, 0.3) is 0 Å². The molecule has 0 aliphatic rings. The first-order chi connectivity index (χ1) is 10.1. The molecule has 0 heterocycles. The molecule has 110 valence electrons. The number of nitrogens with one attached hydrogen (secondary N) is 1. The maximum Gasteiger partial charge on any atom is 0.262 e. The van der Waals surface area contributed by atoms with Gasteiger partial charge in [0.2, 0.25) is 0 Å².